The molecule has 2 unspecified atom stereocenters. The molecule has 3 saturated carbocycles. The number of amides is 1. The Hall–Kier alpha value is -2.50. The maximum absolute atomic E-state index is 12.8. The monoisotopic (exact) mass is 593 g/mol. The highest BCUT2D eigenvalue weighted by Crippen LogP contribution is 2.67. The molecule has 1 aromatic rings. The number of phenols is 1. The zero-order valence-corrected chi connectivity index (χ0v) is 27.1. The van der Waals surface area contributed by atoms with E-state index in [1.54, 1.807) is 12.1 Å². The third-order valence-electron chi connectivity index (χ3n) is 12.5. The first kappa shape index (κ1) is 31.9. The van der Waals surface area contributed by atoms with Crippen LogP contribution < -0.4 is 5.32 Å². The second-order valence-electron chi connectivity index (χ2n) is 15.5. The second-order valence-corrected chi connectivity index (χ2v) is 15.5. The molecule has 3 N–H and O–H groups in total. The number of benzene rings is 1. The zero-order chi connectivity index (χ0) is 30.9. The number of alkyl carbamates (subject to hydrolysis) is 1. The minimum Gasteiger partial charge on any atom is -0.508 e. The lowest BCUT2D eigenvalue weighted by Crippen LogP contribution is -2.51. The van der Waals surface area contributed by atoms with Gasteiger partial charge in [-0.15, -0.1) is 0 Å². The lowest BCUT2D eigenvalue weighted by molar-refractivity contribution is -0.139. The average Bonchev–Trinajstić information content (AvgIpc) is 3.31. The van der Waals surface area contributed by atoms with Gasteiger partial charge >= 0.3 is 12.1 Å². The molecule has 9 atom stereocenters. The van der Waals surface area contributed by atoms with Crippen molar-refractivity contribution in [2.24, 2.45) is 46.3 Å². The van der Waals surface area contributed by atoms with Gasteiger partial charge in [0.05, 0.1) is 0 Å². The number of carbonyl (C=O) groups is 2. The highest BCUT2D eigenvalue weighted by molar-refractivity contribution is 5.80. The molecule has 4 aliphatic rings. The van der Waals surface area contributed by atoms with E-state index in [1.165, 1.54) is 62.7 Å². The van der Waals surface area contributed by atoms with Crippen LogP contribution in [0.15, 0.2) is 35.9 Å². The minimum absolute atomic E-state index is 0.118. The van der Waals surface area contributed by atoms with E-state index in [9.17, 15) is 19.8 Å². The summed E-state index contributed by atoms with van der Waals surface area (Å²) in [6.07, 6.45) is 15.0. The van der Waals surface area contributed by atoms with Crippen LogP contribution in [0.2, 0.25) is 0 Å². The molecule has 6 heteroatoms. The molecule has 0 saturated heterocycles. The molecule has 3 fully saturated rings. The van der Waals surface area contributed by atoms with Gasteiger partial charge in [-0.1, -0.05) is 77.7 Å². The summed E-state index contributed by atoms with van der Waals surface area (Å²) in [6, 6.07) is 5.27. The van der Waals surface area contributed by atoms with Crippen LogP contribution in [0.1, 0.15) is 111 Å². The lowest BCUT2D eigenvalue weighted by atomic mass is 9.47. The number of fused-ring (bicyclic) bond motifs is 5. The predicted molar refractivity (Wildman–Crippen MR) is 170 cm³/mol. The van der Waals surface area contributed by atoms with E-state index in [4.69, 9.17) is 4.74 Å². The molecule has 0 aromatic heterocycles. The van der Waals surface area contributed by atoms with Crippen LogP contribution >= 0.6 is 0 Å². The first-order chi connectivity index (χ1) is 20.4. The number of nitrogens with one attached hydrogen (secondary N) is 1. The Bertz CT molecular complexity index is 1180. The summed E-state index contributed by atoms with van der Waals surface area (Å²) in [5.74, 6) is 3.77. The SMILES string of the molecule is CC(C)CCC[C@@H](C)[C@H]1CC[C@H]2[C@@H]3CC=C4C[C@@H](OC(=O)N[C@@H](Cc5ccc(O)cc5)C(=O)O)CCC4(C)[C@H]3CCC12C. The third-order valence-corrected chi connectivity index (χ3v) is 12.5. The van der Waals surface area contributed by atoms with Crippen LogP contribution in [0.25, 0.3) is 0 Å². The largest absolute Gasteiger partial charge is 0.508 e. The van der Waals surface area contributed by atoms with Crippen molar-refractivity contribution < 1.29 is 24.5 Å². The van der Waals surface area contributed by atoms with Crippen LogP contribution in [0.3, 0.4) is 0 Å². The number of carboxylic acid groups (broad SMARTS) is 1. The summed E-state index contributed by atoms with van der Waals surface area (Å²) >= 11 is 0. The molecule has 0 spiro atoms. The molecule has 1 aromatic carbocycles. The molecular formula is C37H55NO5. The fourth-order valence-corrected chi connectivity index (χ4v) is 10.1. The number of aliphatic carboxylic acids is 1. The number of carbonyl (C=O) groups excluding carboxylic acids is 1. The Morgan fingerprint density at radius 2 is 1.74 bits per heavy atom. The van der Waals surface area contributed by atoms with Gasteiger partial charge in [-0.25, -0.2) is 9.59 Å². The summed E-state index contributed by atoms with van der Waals surface area (Å²) in [7, 11) is 0. The predicted octanol–water partition coefficient (Wildman–Crippen LogP) is 8.52. The number of aromatic hydroxyl groups is 1. The van der Waals surface area contributed by atoms with E-state index in [0.29, 0.717) is 11.3 Å². The third kappa shape index (κ3) is 6.63. The van der Waals surface area contributed by atoms with E-state index < -0.39 is 18.1 Å². The van der Waals surface area contributed by atoms with E-state index in [1.807, 2.05) is 0 Å². The molecular weight excluding hydrogens is 538 g/mol. The van der Waals surface area contributed by atoms with Gasteiger partial charge < -0.3 is 20.3 Å². The van der Waals surface area contributed by atoms with Crippen molar-refractivity contribution in [3.8, 4) is 5.75 Å². The summed E-state index contributed by atoms with van der Waals surface area (Å²) in [5.41, 5.74) is 2.82. The molecule has 0 aliphatic heterocycles. The van der Waals surface area contributed by atoms with Crippen molar-refractivity contribution in [1.29, 1.82) is 0 Å². The van der Waals surface area contributed by atoms with Gasteiger partial charge in [0.15, 0.2) is 0 Å². The van der Waals surface area contributed by atoms with Crippen LogP contribution in [0, 0.1) is 46.3 Å². The van der Waals surface area contributed by atoms with Gasteiger partial charge in [0.1, 0.15) is 17.9 Å². The van der Waals surface area contributed by atoms with Crippen LogP contribution in [0.5, 0.6) is 5.75 Å². The Morgan fingerprint density at radius 3 is 2.44 bits per heavy atom. The van der Waals surface area contributed by atoms with Crippen molar-refractivity contribution in [3.05, 3.63) is 41.5 Å². The van der Waals surface area contributed by atoms with E-state index >= 15 is 0 Å². The molecule has 43 heavy (non-hydrogen) atoms. The second kappa shape index (κ2) is 12.9. The first-order valence-electron chi connectivity index (χ1n) is 17.1. The molecule has 0 radical (unpaired) electrons. The first-order valence-corrected chi connectivity index (χ1v) is 17.1. The van der Waals surface area contributed by atoms with Crippen molar-refractivity contribution in [3.63, 3.8) is 0 Å². The fraction of sp³-hybridized carbons (Fsp3) is 0.730. The number of ether oxygens (including phenoxy) is 1. The van der Waals surface area contributed by atoms with Gasteiger partial charge in [-0.2, -0.15) is 0 Å². The van der Waals surface area contributed by atoms with Gasteiger partial charge in [-0.3, -0.25) is 0 Å². The van der Waals surface area contributed by atoms with Crippen LogP contribution in [-0.4, -0.2) is 34.4 Å². The smallest absolute Gasteiger partial charge is 0.408 e. The molecule has 1 amide bonds. The fourth-order valence-electron chi connectivity index (χ4n) is 10.1. The molecule has 4 aliphatic carbocycles. The van der Waals surface area contributed by atoms with Gasteiger partial charge in [0, 0.05) is 12.8 Å². The Balaban J connectivity index is 1.19. The minimum atomic E-state index is -1.11. The lowest BCUT2D eigenvalue weighted by Gasteiger charge is -2.58. The van der Waals surface area contributed by atoms with Crippen LogP contribution in [0.4, 0.5) is 4.79 Å². The van der Waals surface area contributed by atoms with E-state index in [2.05, 4.69) is 46.0 Å². The maximum Gasteiger partial charge on any atom is 0.408 e. The summed E-state index contributed by atoms with van der Waals surface area (Å²) < 4.78 is 5.84. The van der Waals surface area contributed by atoms with Crippen molar-refractivity contribution >= 4 is 12.1 Å². The topological polar surface area (TPSA) is 95.9 Å². The number of carboxylic acids is 1. The van der Waals surface area contributed by atoms with Crippen molar-refractivity contribution in [2.45, 2.75) is 124 Å². The summed E-state index contributed by atoms with van der Waals surface area (Å²) in [4.78, 5) is 24.7. The molecule has 6 nitrogen and oxygen atoms in total. The van der Waals surface area contributed by atoms with Crippen molar-refractivity contribution in [1.82, 2.24) is 5.32 Å². The highest BCUT2D eigenvalue weighted by atomic mass is 16.6. The zero-order valence-electron chi connectivity index (χ0n) is 27.1. The van der Waals surface area contributed by atoms with Gasteiger partial charge in [0.25, 0.3) is 0 Å². The summed E-state index contributed by atoms with van der Waals surface area (Å²) in [5, 5.41) is 21.8. The standard InChI is InChI=1S/C37H55NO5/c1-23(2)7-6-8-24(3)30-15-16-31-29-14-11-26-22-28(17-19-36(26,4)32(29)18-20-37(30,31)5)43-35(42)38-33(34(40)41)21-25-9-12-27(39)13-10-25/h9-13,23-24,28-33,39H,6-8,14-22H2,1-5H3,(H,38,42)(H,40,41)/t24-,28+,29+,30-,31+,32+,33+,36?,37?/m1/s1. The molecule has 238 valence electrons. The Kier molecular flexibility index (Phi) is 9.54. The van der Waals surface area contributed by atoms with Gasteiger partial charge in [-0.05, 0) is 109 Å². The summed E-state index contributed by atoms with van der Waals surface area (Å²) in [6.45, 7) is 12.3. The number of phenolic OH excluding ortho intramolecular Hbond substituents is 1. The van der Waals surface area contributed by atoms with Crippen molar-refractivity contribution in [2.75, 3.05) is 0 Å². The maximum atomic E-state index is 12.8. The van der Waals surface area contributed by atoms with Gasteiger partial charge in [0.2, 0.25) is 0 Å². The normalized spacial score (nSPS) is 34.7. The highest BCUT2D eigenvalue weighted by Gasteiger charge is 2.59. The van der Waals surface area contributed by atoms with E-state index in [0.717, 1.165) is 60.8 Å². The average molecular weight is 594 g/mol. The Labute approximate surface area is 259 Å². The quantitative estimate of drug-likeness (QED) is 0.236. The number of allylic oxidation sites excluding steroid dienone is 1. The molecule has 0 bridgehead atoms. The number of hydrogen-bond donors (Lipinski definition) is 3. The van der Waals surface area contributed by atoms with E-state index in [-0.39, 0.29) is 23.7 Å². The molecule has 5 rings (SSSR count). The molecule has 0 heterocycles. The number of rotatable bonds is 10. The van der Waals surface area contributed by atoms with Crippen LogP contribution in [-0.2, 0) is 16.0 Å². The number of hydrogen-bond acceptors (Lipinski definition) is 4. The Morgan fingerprint density at radius 1 is 1.00 bits per heavy atom.